The Kier molecular flexibility index (Phi) is 16.0. The summed E-state index contributed by atoms with van der Waals surface area (Å²) < 4.78 is 0. The summed E-state index contributed by atoms with van der Waals surface area (Å²) in [4.78, 5) is 88.2. The van der Waals surface area contributed by atoms with Crippen molar-refractivity contribution < 1.29 is 43.8 Å². The van der Waals surface area contributed by atoms with Gasteiger partial charge in [-0.3, -0.25) is 33.8 Å². The Morgan fingerprint density at radius 2 is 1.41 bits per heavy atom. The second kappa shape index (κ2) is 17.9. The van der Waals surface area contributed by atoms with E-state index in [0.29, 0.717) is 0 Å². The second-order valence-electron chi connectivity index (χ2n) is 9.10. The number of carboxylic acids is 1. The lowest BCUT2D eigenvalue weighted by atomic mass is 10.1. The fraction of sp³-hybridized carbons (Fsp3) is 0.636. The molecule has 0 aliphatic carbocycles. The molecular formula is C22H40N10O9. The Balaban J connectivity index is 5.35. The molecule has 0 unspecified atom stereocenters. The third-order valence-corrected chi connectivity index (χ3v) is 5.27. The van der Waals surface area contributed by atoms with E-state index < -0.39 is 90.7 Å². The summed E-state index contributed by atoms with van der Waals surface area (Å²) in [5.41, 5.74) is 20.9. The SMILES string of the molecule is C[C@H](N)C(=O)N[C@@H](C)C(=O)N[C@H](C(=O)NCC(=O)N[C@@H](CCCN=C(N)N)C(=O)N[C@@H](CC(N)=O)C(=O)O)[C@@H](C)O. The molecule has 0 rings (SSSR count). The van der Waals surface area contributed by atoms with Crippen LogP contribution in [0.25, 0.3) is 0 Å². The second-order valence-corrected chi connectivity index (χ2v) is 9.10. The van der Waals surface area contributed by atoms with E-state index in [1.807, 2.05) is 0 Å². The molecule has 0 saturated carbocycles. The van der Waals surface area contributed by atoms with Crippen molar-refractivity contribution in [2.45, 2.75) is 76.3 Å². The Morgan fingerprint density at radius 1 is 0.805 bits per heavy atom. The molecule has 0 aliphatic rings. The molecule has 6 amide bonds. The molecule has 0 fully saturated rings. The number of aliphatic hydroxyl groups is 1. The molecule has 15 N–H and O–H groups in total. The van der Waals surface area contributed by atoms with Crippen molar-refractivity contribution in [1.82, 2.24) is 26.6 Å². The van der Waals surface area contributed by atoms with Gasteiger partial charge in [0.25, 0.3) is 0 Å². The number of aliphatic hydroxyl groups excluding tert-OH is 1. The van der Waals surface area contributed by atoms with E-state index >= 15 is 0 Å². The van der Waals surface area contributed by atoms with Gasteiger partial charge in [-0.05, 0) is 33.6 Å². The van der Waals surface area contributed by atoms with Gasteiger partial charge in [0, 0.05) is 6.54 Å². The number of aliphatic carboxylic acids is 1. The number of nitrogens with two attached hydrogens (primary N) is 4. The molecule has 0 aromatic carbocycles. The number of carboxylic acid groups (broad SMARTS) is 1. The maximum Gasteiger partial charge on any atom is 0.326 e. The van der Waals surface area contributed by atoms with Crippen LogP contribution < -0.4 is 49.5 Å². The first-order valence-corrected chi connectivity index (χ1v) is 12.4. The lowest BCUT2D eigenvalue weighted by Crippen LogP contribution is -2.58. The number of guanidine groups is 1. The van der Waals surface area contributed by atoms with Crippen molar-refractivity contribution >= 4 is 47.4 Å². The minimum atomic E-state index is -1.66. The highest BCUT2D eigenvalue weighted by Crippen LogP contribution is 2.02. The normalized spacial score (nSPS) is 15.0. The first kappa shape index (κ1) is 36.5. The summed E-state index contributed by atoms with van der Waals surface area (Å²) in [6.07, 6.45) is -2.01. The summed E-state index contributed by atoms with van der Waals surface area (Å²) in [7, 11) is 0. The van der Waals surface area contributed by atoms with Crippen molar-refractivity contribution in [3.8, 4) is 0 Å². The van der Waals surface area contributed by atoms with Crippen LogP contribution >= 0.6 is 0 Å². The van der Waals surface area contributed by atoms with Crippen molar-refractivity contribution in [1.29, 1.82) is 0 Å². The maximum atomic E-state index is 12.7. The Morgan fingerprint density at radius 3 is 1.90 bits per heavy atom. The number of carbonyl (C=O) groups excluding carboxylic acids is 6. The van der Waals surface area contributed by atoms with Crippen LogP contribution in [0.1, 0.15) is 40.0 Å². The highest BCUT2D eigenvalue weighted by Gasteiger charge is 2.30. The number of carbonyl (C=O) groups is 7. The van der Waals surface area contributed by atoms with E-state index in [4.69, 9.17) is 22.9 Å². The molecule has 232 valence electrons. The molecule has 19 heteroatoms. The van der Waals surface area contributed by atoms with Gasteiger partial charge in [0.2, 0.25) is 35.4 Å². The molecule has 0 aliphatic heterocycles. The van der Waals surface area contributed by atoms with Crippen molar-refractivity contribution in [2.24, 2.45) is 27.9 Å². The van der Waals surface area contributed by atoms with Gasteiger partial charge in [0.05, 0.1) is 25.1 Å². The highest BCUT2D eigenvalue weighted by molar-refractivity contribution is 5.95. The smallest absolute Gasteiger partial charge is 0.326 e. The predicted octanol–water partition coefficient (Wildman–Crippen LogP) is -6.20. The standard InChI is InChI=1S/C22H40N10O9/c1-9(23)17(36)29-10(2)18(37)32-16(11(3)33)20(39)28-8-15(35)30-12(5-4-6-27-22(25)26)19(38)31-13(21(40)41)7-14(24)34/h9-13,16,33H,4-8,23H2,1-3H3,(H2,24,34)(H,28,39)(H,29,36)(H,30,35)(H,31,38)(H,32,37)(H,40,41)(H4,25,26,27)/t9-,10-,11+,12-,13-,16-/m0/s1. The molecule has 6 atom stereocenters. The van der Waals surface area contributed by atoms with Crippen LogP contribution in [0.4, 0.5) is 0 Å². The largest absolute Gasteiger partial charge is 0.480 e. The number of hydrogen-bond donors (Lipinski definition) is 11. The zero-order chi connectivity index (χ0) is 31.9. The van der Waals surface area contributed by atoms with E-state index in [1.165, 1.54) is 20.8 Å². The van der Waals surface area contributed by atoms with Gasteiger partial charge >= 0.3 is 5.97 Å². The molecule has 0 spiro atoms. The van der Waals surface area contributed by atoms with Gasteiger partial charge in [-0.15, -0.1) is 0 Å². The third-order valence-electron chi connectivity index (χ3n) is 5.27. The zero-order valence-corrected chi connectivity index (χ0v) is 23.0. The van der Waals surface area contributed by atoms with Crippen molar-refractivity contribution in [2.75, 3.05) is 13.1 Å². The number of aliphatic imine (C=N–C) groups is 1. The Labute approximate surface area is 235 Å². The minimum absolute atomic E-state index is 0.0669. The highest BCUT2D eigenvalue weighted by atomic mass is 16.4. The predicted molar refractivity (Wildman–Crippen MR) is 143 cm³/mol. The third kappa shape index (κ3) is 15.0. The Hall–Kier alpha value is -4.52. The molecule has 0 saturated heterocycles. The topological polar surface area (TPSA) is 337 Å². The summed E-state index contributed by atoms with van der Waals surface area (Å²) in [6.45, 7) is 3.30. The number of hydrogen-bond acceptors (Lipinski definition) is 10. The van der Waals surface area contributed by atoms with E-state index in [9.17, 15) is 43.8 Å². The number of rotatable bonds is 18. The van der Waals surface area contributed by atoms with Gasteiger partial charge in [-0.25, -0.2) is 4.79 Å². The monoisotopic (exact) mass is 588 g/mol. The molecule has 0 aromatic rings. The summed E-state index contributed by atoms with van der Waals surface area (Å²) >= 11 is 0. The van der Waals surface area contributed by atoms with Crippen LogP contribution in [0, 0.1) is 0 Å². The van der Waals surface area contributed by atoms with E-state index in [-0.39, 0.29) is 25.3 Å². The average molecular weight is 589 g/mol. The number of amides is 6. The van der Waals surface area contributed by atoms with Gasteiger partial charge in [0.1, 0.15) is 24.2 Å². The molecule has 19 nitrogen and oxygen atoms in total. The molecule has 0 aromatic heterocycles. The van der Waals surface area contributed by atoms with Crippen LogP contribution in [-0.4, -0.2) is 107 Å². The van der Waals surface area contributed by atoms with Gasteiger partial charge < -0.3 is 59.7 Å². The fourth-order valence-electron chi connectivity index (χ4n) is 3.06. The van der Waals surface area contributed by atoms with Gasteiger partial charge in [-0.2, -0.15) is 0 Å². The summed E-state index contributed by atoms with van der Waals surface area (Å²) in [5, 5.41) is 30.4. The molecule has 0 bridgehead atoms. The van der Waals surface area contributed by atoms with E-state index in [0.717, 1.165) is 0 Å². The molecule has 0 heterocycles. The van der Waals surface area contributed by atoms with E-state index in [1.54, 1.807) is 0 Å². The van der Waals surface area contributed by atoms with Crippen molar-refractivity contribution in [3.05, 3.63) is 0 Å². The van der Waals surface area contributed by atoms with Crippen LogP contribution in [-0.2, 0) is 33.6 Å². The van der Waals surface area contributed by atoms with Crippen LogP contribution in [0.2, 0.25) is 0 Å². The summed E-state index contributed by atoms with van der Waals surface area (Å²) in [6, 6.07) is -6.50. The summed E-state index contributed by atoms with van der Waals surface area (Å²) in [5.74, 6) is -6.98. The molecule has 0 radical (unpaired) electrons. The number of nitrogens with zero attached hydrogens (tertiary/aromatic N) is 1. The quantitative estimate of drug-likeness (QED) is 0.0404. The van der Waals surface area contributed by atoms with Crippen molar-refractivity contribution in [3.63, 3.8) is 0 Å². The Bertz CT molecular complexity index is 998. The average Bonchev–Trinajstić information content (AvgIpc) is 2.85. The minimum Gasteiger partial charge on any atom is -0.480 e. The first-order chi connectivity index (χ1) is 19.0. The first-order valence-electron chi connectivity index (χ1n) is 12.4. The van der Waals surface area contributed by atoms with Gasteiger partial charge in [-0.1, -0.05) is 0 Å². The van der Waals surface area contributed by atoms with Crippen LogP contribution in [0.15, 0.2) is 4.99 Å². The lowest BCUT2D eigenvalue weighted by molar-refractivity contribution is -0.143. The number of primary amides is 1. The van der Waals surface area contributed by atoms with Gasteiger partial charge in [0.15, 0.2) is 5.96 Å². The molecule has 41 heavy (non-hydrogen) atoms. The van der Waals surface area contributed by atoms with E-state index in [2.05, 4.69) is 31.6 Å². The maximum absolute atomic E-state index is 12.7. The molecular weight excluding hydrogens is 548 g/mol. The van der Waals surface area contributed by atoms with Crippen LogP contribution in [0.3, 0.4) is 0 Å². The zero-order valence-electron chi connectivity index (χ0n) is 23.0. The number of nitrogens with one attached hydrogen (secondary N) is 5. The van der Waals surface area contributed by atoms with Crippen LogP contribution in [0.5, 0.6) is 0 Å². The lowest BCUT2D eigenvalue weighted by Gasteiger charge is -2.24. The fourth-order valence-corrected chi connectivity index (χ4v) is 3.06.